The monoisotopic (exact) mass is 419 g/mol. The summed E-state index contributed by atoms with van der Waals surface area (Å²) in [6.45, 7) is 4.10. The van der Waals surface area contributed by atoms with Gasteiger partial charge in [0.05, 0.1) is 18.7 Å². The van der Waals surface area contributed by atoms with Crippen LogP contribution in [0.2, 0.25) is 0 Å². The highest BCUT2D eigenvalue weighted by molar-refractivity contribution is 6.17. The fourth-order valence-electron chi connectivity index (χ4n) is 3.89. The Kier molecular flexibility index (Phi) is 5.02. The molecule has 1 amide bonds. The van der Waals surface area contributed by atoms with E-state index >= 15 is 4.39 Å². The summed E-state index contributed by atoms with van der Waals surface area (Å²) in [5.41, 5.74) is 9.38. The molecule has 3 aromatic rings. The van der Waals surface area contributed by atoms with Crippen LogP contribution in [0.15, 0.2) is 53.8 Å². The van der Waals surface area contributed by atoms with Gasteiger partial charge in [-0.1, -0.05) is 6.07 Å². The summed E-state index contributed by atoms with van der Waals surface area (Å²) in [7, 11) is 3.51. The van der Waals surface area contributed by atoms with Crippen molar-refractivity contribution in [1.82, 2.24) is 19.8 Å². The van der Waals surface area contributed by atoms with E-state index in [1.54, 1.807) is 18.5 Å². The van der Waals surface area contributed by atoms with E-state index in [2.05, 4.69) is 15.3 Å². The van der Waals surface area contributed by atoms with Crippen LogP contribution < -0.4 is 15.5 Å². The fraction of sp³-hybridized carbons (Fsp3) is 0.217. The highest BCUT2D eigenvalue weighted by atomic mass is 19.1. The third-order valence-corrected chi connectivity index (χ3v) is 5.89. The van der Waals surface area contributed by atoms with E-state index < -0.39 is 5.82 Å². The molecule has 0 aliphatic carbocycles. The molecule has 158 valence electrons. The summed E-state index contributed by atoms with van der Waals surface area (Å²) in [5, 5.41) is 2.59. The molecule has 1 aromatic heterocycles. The molecular formula is C23H24FN6O+. The highest BCUT2D eigenvalue weighted by Crippen LogP contribution is 2.45. The first-order valence-electron chi connectivity index (χ1n) is 9.96. The van der Waals surface area contributed by atoms with Crippen LogP contribution in [-0.4, -0.2) is 41.8 Å². The number of nitrogens with one attached hydrogen (secondary N) is 1. The standard InChI is InChI=1S/C23H23FN6O/c1-13(2)30(4)19-9-8-14(15-11-27-23(25)28-12-15)10-18(19)29-21(30)20-16(22(31)26-3)6-5-7-17(20)24/h5-13H,1-4H3,(H2-,25,26,27,28,31)/p+1. The first kappa shape index (κ1) is 20.6. The SMILES string of the molecule is CNC(=O)c1cccc(F)c1C1=Nc2cc(-c3cnc(N)nc3)ccc2[N+]1(C)C(C)C. The molecule has 2 heterocycles. The predicted molar refractivity (Wildman–Crippen MR) is 121 cm³/mol. The average Bonchev–Trinajstić information content (AvgIpc) is 3.06. The Bertz CT molecular complexity index is 1210. The lowest BCUT2D eigenvalue weighted by atomic mass is 10.0. The Morgan fingerprint density at radius 3 is 2.48 bits per heavy atom. The van der Waals surface area contributed by atoms with Crippen LogP contribution in [0.1, 0.15) is 29.8 Å². The van der Waals surface area contributed by atoms with Crippen LogP contribution in [0.4, 0.5) is 21.7 Å². The van der Waals surface area contributed by atoms with Gasteiger partial charge in [-0.25, -0.2) is 18.8 Å². The molecule has 0 spiro atoms. The number of hydrogen-bond donors (Lipinski definition) is 2. The zero-order chi connectivity index (χ0) is 22.3. The number of aromatic nitrogens is 2. The maximum Gasteiger partial charge on any atom is 0.252 e. The van der Waals surface area contributed by atoms with Gasteiger partial charge in [0.1, 0.15) is 17.1 Å². The molecule has 1 atom stereocenters. The van der Waals surface area contributed by atoms with Crippen molar-refractivity contribution >= 4 is 29.1 Å². The van der Waals surface area contributed by atoms with Crippen molar-refractivity contribution in [3.8, 4) is 11.1 Å². The number of hydrogen-bond acceptors (Lipinski definition) is 5. The molecule has 0 fully saturated rings. The molecule has 8 heteroatoms. The van der Waals surface area contributed by atoms with Crippen molar-refractivity contribution in [2.24, 2.45) is 4.99 Å². The Hall–Kier alpha value is -3.65. The second-order valence-corrected chi connectivity index (χ2v) is 7.88. The second-order valence-electron chi connectivity index (χ2n) is 7.88. The number of anilines is 1. The van der Waals surface area contributed by atoms with Crippen LogP contribution in [0.5, 0.6) is 0 Å². The third kappa shape index (κ3) is 3.25. The summed E-state index contributed by atoms with van der Waals surface area (Å²) in [5.74, 6) is -0.143. The number of carbonyl (C=O) groups excluding carboxylic acids is 1. The second kappa shape index (κ2) is 7.55. The molecular weight excluding hydrogens is 395 g/mol. The first-order valence-corrected chi connectivity index (χ1v) is 9.96. The van der Waals surface area contributed by atoms with Gasteiger partial charge in [-0.05, 0) is 43.7 Å². The Balaban J connectivity index is 1.93. The molecule has 1 aliphatic heterocycles. The minimum atomic E-state index is -0.482. The lowest BCUT2D eigenvalue weighted by molar-refractivity contribution is 0.0962. The number of nitrogens with two attached hydrogens (primary N) is 1. The highest BCUT2D eigenvalue weighted by Gasteiger charge is 2.45. The number of fused-ring (bicyclic) bond motifs is 1. The van der Waals surface area contributed by atoms with Gasteiger partial charge in [0.15, 0.2) is 5.69 Å². The molecule has 31 heavy (non-hydrogen) atoms. The van der Waals surface area contributed by atoms with Crippen molar-refractivity contribution in [1.29, 1.82) is 0 Å². The van der Waals surface area contributed by atoms with Crippen molar-refractivity contribution in [3.63, 3.8) is 0 Å². The van der Waals surface area contributed by atoms with Gasteiger partial charge in [-0.3, -0.25) is 4.79 Å². The quantitative estimate of drug-likeness (QED) is 0.631. The number of carbonyl (C=O) groups is 1. The minimum absolute atomic E-state index is 0.0443. The van der Waals surface area contributed by atoms with Crippen molar-refractivity contribution in [2.45, 2.75) is 19.9 Å². The summed E-state index contributed by atoms with van der Waals surface area (Å²) in [6, 6.07) is 10.4. The van der Waals surface area contributed by atoms with Gasteiger partial charge in [-0.2, -0.15) is 4.99 Å². The molecule has 3 N–H and O–H groups in total. The number of aliphatic imine (C=N–C) groups is 1. The van der Waals surface area contributed by atoms with Gasteiger partial charge in [0.25, 0.3) is 5.91 Å². The average molecular weight is 419 g/mol. The van der Waals surface area contributed by atoms with Crippen molar-refractivity contribution in [3.05, 3.63) is 65.7 Å². The lowest BCUT2D eigenvalue weighted by Gasteiger charge is -2.35. The van der Waals surface area contributed by atoms with Crippen molar-refractivity contribution in [2.75, 3.05) is 19.8 Å². The van der Waals surface area contributed by atoms with E-state index in [-0.39, 0.29) is 33.5 Å². The normalized spacial score (nSPS) is 17.4. The van der Waals surface area contributed by atoms with Crippen LogP contribution in [0.25, 0.3) is 11.1 Å². The lowest BCUT2D eigenvalue weighted by Crippen LogP contribution is -2.55. The molecule has 4 rings (SSSR count). The number of rotatable bonds is 4. The van der Waals surface area contributed by atoms with Crippen LogP contribution in [0, 0.1) is 5.82 Å². The molecule has 1 aliphatic rings. The van der Waals surface area contributed by atoms with E-state index in [1.807, 2.05) is 39.1 Å². The van der Waals surface area contributed by atoms with Crippen molar-refractivity contribution < 1.29 is 9.18 Å². The maximum atomic E-state index is 15.1. The van der Waals surface area contributed by atoms with Gasteiger partial charge in [0, 0.05) is 31.1 Å². The molecule has 7 nitrogen and oxygen atoms in total. The van der Waals surface area contributed by atoms with Gasteiger partial charge < -0.3 is 11.1 Å². The zero-order valence-corrected chi connectivity index (χ0v) is 17.8. The number of quaternary nitrogens is 1. The van der Waals surface area contributed by atoms with Gasteiger partial charge in [0.2, 0.25) is 11.8 Å². The van der Waals surface area contributed by atoms with Gasteiger partial charge in [-0.15, -0.1) is 0 Å². The smallest absolute Gasteiger partial charge is 0.252 e. The Labute approximate surface area is 180 Å². The predicted octanol–water partition coefficient (Wildman–Crippen LogP) is 3.66. The summed E-state index contributed by atoms with van der Waals surface area (Å²) in [6.07, 6.45) is 3.31. The summed E-state index contributed by atoms with van der Waals surface area (Å²) >= 11 is 0. The third-order valence-electron chi connectivity index (χ3n) is 5.89. The number of benzene rings is 2. The number of amidine groups is 1. The number of amides is 1. The molecule has 2 aromatic carbocycles. The van der Waals surface area contributed by atoms with Crippen LogP contribution in [-0.2, 0) is 0 Å². The topological polar surface area (TPSA) is 93.3 Å². The van der Waals surface area contributed by atoms with E-state index in [1.165, 1.54) is 19.2 Å². The summed E-state index contributed by atoms with van der Waals surface area (Å²) in [4.78, 5) is 25.4. The molecule has 0 saturated heterocycles. The molecule has 0 bridgehead atoms. The minimum Gasteiger partial charge on any atom is -0.368 e. The number of halogens is 1. The van der Waals surface area contributed by atoms with Crippen LogP contribution >= 0.6 is 0 Å². The molecule has 1 unspecified atom stereocenters. The van der Waals surface area contributed by atoms with Crippen LogP contribution in [0.3, 0.4) is 0 Å². The zero-order valence-electron chi connectivity index (χ0n) is 17.8. The van der Waals surface area contributed by atoms with E-state index in [9.17, 15) is 4.79 Å². The van der Waals surface area contributed by atoms with E-state index in [0.29, 0.717) is 11.5 Å². The van der Waals surface area contributed by atoms with E-state index in [0.717, 1.165) is 16.8 Å². The summed E-state index contributed by atoms with van der Waals surface area (Å²) < 4.78 is 15.4. The first-order chi connectivity index (χ1) is 14.8. The number of nitrogens with zero attached hydrogens (tertiary/aromatic N) is 4. The Morgan fingerprint density at radius 2 is 1.84 bits per heavy atom. The molecule has 0 radical (unpaired) electrons. The number of nitrogen functional groups attached to an aromatic ring is 1. The fourth-order valence-corrected chi connectivity index (χ4v) is 3.89. The Morgan fingerprint density at radius 1 is 1.13 bits per heavy atom. The molecule has 0 saturated carbocycles. The van der Waals surface area contributed by atoms with E-state index in [4.69, 9.17) is 10.7 Å². The largest absolute Gasteiger partial charge is 0.368 e. The van der Waals surface area contributed by atoms with Gasteiger partial charge >= 0.3 is 0 Å². The maximum absolute atomic E-state index is 15.1.